The van der Waals surface area contributed by atoms with Gasteiger partial charge in [0.15, 0.2) is 9.84 Å². The van der Waals surface area contributed by atoms with Crippen LogP contribution in [0.4, 0.5) is 0 Å². The lowest BCUT2D eigenvalue weighted by Gasteiger charge is -2.04. The van der Waals surface area contributed by atoms with Crippen LogP contribution in [0.2, 0.25) is 0 Å². The monoisotopic (exact) mass is 283 g/mol. The molecular weight excluding hydrogens is 266 g/mol. The third-order valence-corrected chi connectivity index (χ3v) is 6.42. The summed E-state index contributed by atoms with van der Waals surface area (Å²) in [4.78, 5) is 0.889. The topological polar surface area (TPSA) is 60.2 Å². The van der Waals surface area contributed by atoms with Crippen molar-refractivity contribution in [1.29, 1.82) is 0 Å². The number of benzene rings is 1. The zero-order valence-corrected chi connectivity index (χ0v) is 12.1. The largest absolute Gasteiger partial charge is 0.326 e. The molecule has 2 N–H and O–H groups in total. The summed E-state index contributed by atoms with van der Waals surface area (Å²) in [5.74, 6) is 0.119. The summed E-state index contributed by atoms with van der Waals surface area (Å²) in [6, 6.07) is 7.91. The maximum Gasteiger partial charge on any atom is 0.157 e. The van der Waals surface area contributed by atoms with Gasteiger partial charge in [-0.2, -0.15) is 0 Å². The lowest BCUT2D eigenvalue weighted by molar-refractivity contribution is 0.587. The Bertz CT molecular complexity index is 657. The van der Waals surface area contributed by atoms with Gasteiger partial charge in [0.25, 0.3) is 0 Å². The van der Waals surface area contributed by atoms with Gasteiger partial charge >= 0.3 is 0 Å². The molecule has 0 amide bonds. The third-order valence-electron chi connectivity index (χ3n) is 2.98. The third kappa shape index (κ3) is 2.58. The average Bonchev–Trinajstić information content (AvgIpc) is 2.69. The van der Waals surface area contributed by atoms with Gasteiger partial charge in [-0.1, -0.05) is 12.1 Å². The van der Waals surface area contributed by atoms with Crippen LogP contribution in [-0.4, -0.2) is 13.7 Å². The summed E-state index contributed by atoms with van der Waals surface area (Å²) in [6.45, 7) is 3.91. The van der Waals surface area contributed by atoms with Crippen LogP contribution in [0.25, 0.3) is 10.1 Å². The molecule has 3 nitrogen and oxygen atoms in total. The second-order valence-electron chi connectivity index (χ2n) is 4.60. The molecule has 0 fully saturated rings. The minimum absolute atomic E-state index is 0.119. The number of fused-ring (bicyclic) bond motifs is 1. The molecule has 98 valence electrons. The van der Waals surface area contributed by atoms with Crippen molar-refractivity contribution in [1.82, 2.24) is 0 Å². The Morgan fingerprint density at radius 2 is 2.06 bits per heavy atom. The Morgan fingerprint density at radius 3 is 2.67 bits per heavy atom. The van der Waals surface area contributed by atoms with Gasteiger partial charge < -0.3 is 5.73 Å². The standard InChI is InChI=1S/C13H17NO2S2/c1-9(2)18(15,16)8-11-6-12-10(7-14)4-3-5-13(12)17-11/h3-6,9H,7-8,14H2,1-2H3. The molecular formula is C13H17NO2S2. The Morgan fingerprint density at radius 1 is 1.33 bits per heavy atom. The number of sulfone groups is 1. The van der Waals surface area contributed by atoms with Crippen molar-refractivity contribution in [2.75, 3.05) is 0 Å². The smallest absolute Gasteiger partial charge is 0.157 e. The van der Waals surface area contributed by atoms with Crippen LogP contribution in [0.1, 0.15) is 24.3 Å². The number of hydrogen-bond acceptors (Lipinski definition) is 4. The van der Waals surface area contributed by atoms with Crippen LogP contribution in [0.3, 0.4) is 0 Å². The fraction of sp³-hybridized carbons (Fsp3) is 0.385. The molecule has 2 rings (SSSR count). The number of nitrogens with two attached hydrogens (primary N) is 1. The molecule has 0 unspecified atom stereocenters. The van der Waals surface area contributed by atoms with Crippen LogP contribution >= 0.6 is 11.3 Å². The minimum Gasteiger partial charge on any atom is -0.326 e. The molecule has 0 radical (unpaired) electrons. The Hall–Kier alpha value is -0.910. The van der Waals surface area contributed by atoms with Crippen LogP contribution < -0.4 is 5.73 Å². The predicted octanol–water partition coefficient (Wildman–Crippen LogP) is 2.68. The molecule has 0 aliphatic carbocycles. The summed E-state index contributed by atoms with van der Waals surface area (Å²) in [7, 11) is -3.04. The number of hydrogen-bond donors (Lipinski definition) is 1. The molecule has 1 heterocycles. The van der Waals surface area contributed by atoms with E-state index in [1.54, 1.807) is 13.8 Å². The highest BCUT2D eigenvalue weighted by Gasteiger charge is 2.18. The highest BCUT2D eigenvalue weighted by molar-refractivity contribution is 7.91. The van der Waals surface area contributed by atoms with Gasteiger partial charge in [0.1, 0.15) is 0 Å². The molecule has 0 aliphatic heterocycles. The van der Waals surface area contributed by atoms with Gasteiger partial charge in [-0.25, -0.2) is 8.42 Å². The van der Waals surface area contributed by atoms with Crippen molar-refractivity contribution in [2.45, 2.75) is 31.4 Å². The van der Waals surface area contributed by atoms with Gasteiger partial charge in [-0.05, 0) is 36.9 Å². The van der Waals surface area contributed by atoms with Gasteiger partial charge in [-0.15, -0.1) is 11.3 Å². The summed E-state index contributed by atoms with van der Waals surface area (Å²) in [5.41, 5.74) is 6.75. The highest BCUT2D eigenvalue weighted by atomic mass is 32.2. The fourth-order valence-corrected chi connectivity index (χ4v) is 4.24. The molecule has 0 aliphatic rings. The lowest BCUT2D eigenvalue weighted by Crippen LogP contribution is -2.15. The van der Waals surface area contributed by atoms with E-state index in [9.17, 15) is 8.42 Å². The first-order valence-corrected chi connectivity index (χ1v) is 8.39. The lowest BCUT2D eigenvalue weighted by atomic mass is 10.1. The van der Waals surface area contributed by atoms with Crippen LogP contribution in [0.5, 0.6) is 0 Å². The molecule has 5 heteroatoms. The first-order valence-electron chi connectivity index (χ1n) is 5.86. The first-order chi connectivity index (χ1) is 8.44. The SMILES string of the molecule is CC(C)S(=O)(=O)Cc1cc2c(CN)cccc2s1. The molecule has 1 aromatic carbocycles. The van der Waals surface area contributed by atoms with E-state index in [2.05, 4.69) is 0 Å². The Kier molecular flexibility index (Phi) is 3.75. The van der Waals surface area contributed by atoms with E-state index in [1.165, 1.54) is 11.3 Å². The zero-order valence-electron chi connectivity index (χ0n) is 10.5. The molecule has 1 aromatic heterocycles. The normalized spacial score (nSPS) is 12.4. The van der Waals surface area contributed by atoms with E-state index >= 15 is 0 Å². The molecule has 18 heavy (non-hydrogen) atoms. The van der Waals surface area contributed by atoms with E-state index < -0.39 is 9.84 Å². The van der Waals surface area contributed by atoms with Crippen molar-refractivity contribution in [3.8, 4) is 0 Å². The van der Waals surface area contributed by atoms with E-state index in [0.29, 0.717) is 6.54 Å². The van der Waals surface area contributed by atoms with Gasteiger partial charge in [-0.3, -0.25) is 0 Å². The van der Waals surface area contributed by atoms with Crippen molar-refractivity contribution in [3.05, 3.63) is 34.7 Å². The molecule has 2 aromatic rings. The van der Waals surface area contributed by atoms with E-state index in [0.717, 1.165) is 20.5 Å². The summed E-state index contributed by atoms with van der Waals surface area (Å²) in [6.07, 6.45) is 0. The van der Waals surface area contributed by atoms with Crippen molar-refractivity contribution in [2.24, 2.45) is 5.73 Å². The maximum absolute atomic E-state index is 11.9. The van der Waals surface area contributed by atoms with Gasteiger partial charge in [0.2, 0.25) is 0 Å². The number of thiophene rings is 1. The average molecular weight is 283 g/mol. The Labute approximate surface area is 112 Å². The van der Waals surface area contributed by atoms with E-state index in [1.807, 2.05) is 24.3 Å². The molecule has 0 spiro atoms. The quantitative estimate of drug-likeness (QED) is 0.938. The summed E-state index contributed by atoms with van der Waals surface area (Å²) in [5, 5.41) is 0.746. The van der Waals surface area contributed by atoms with Crippen molar-refractivity contribution in [3.63, 3.8) is 0 Å². The molecule has 0 saturated carbocycles. The van der Waals surface area contributed by atoms with Crippen molar-refractivity contribution < 1.29 is 8.42 Å². The van der Waals surface area contributed by atoms with E-state index in [-0.39, 0.29) is 11.0 Å². The zero-order chi connectivity index (χ0) is 13.3. The summed E-state index contributed by atoms with van der Waals surface area (Å²) >= 11 is 1.54. The molecule has 0 saturated heterocycles. The summed E-state index contributed by atoms with van der Waals surface area (Å²) < 4.78 is 24.9. The predicted molar refractivity (Wildman–Crippen MR) is 77.5 cm³/mol. The first kappa shape index (κ1) is 13.5. The van der Waals surface area contributed by atoms with Crippen LogP contribution in [0, 0.1) is 0 Å². The van der Waals surface area contributed by atoms with Gasteiger partial charge in [0.05, 0.1) is 11.0 Å². The van der Waals surface area contributed by atoms with Gasteiger partial charge in [0, 0.05) is 16.1 Å². The second kappa shape index (κ2) is 4.99. The minimum atomic E-state index is -3.04. The molecule has 0 bridgehead atoms. The van der Waals surface area contributed by atoms with Crippen molar-refractivity contribution >= 4 is 31.3 Å². The molecule has 0 atom stereocenters. The number of rotatable bonds is 4. The second-order valence-corrected chi connectivity index (χ2v) is 8.33. The van der Waals surface area contributed by atoms with E-state index in [4.69, 9.17) is 5.73 Å². The highest BCUT2D eigenvalue weighted by Crippen LogP contribution is 2.30. The van der Waals surface area contributed by atoms with Crippen LogP contribution in [-0.2, 0) is 22.1 Å². The maximum atomic E-state index is 11.9. The Balaban J connectivity index is 2.43. The fourth-order valence-electron chi connectivity index (χ4n) is 1.79. The van der Waals surface area contributed by atoms with Crippen LogP contribution in [0.15, 0.2) is 24.3 Å².